The maximum absolute atomic E-state index is 6.45. The molecule has 0 amide bonds. The fourth-order valence-electron chi connectivity index (χ4n) is 5.34. The normalized spacial score (nSPS) is 14.0. The molecule has 0 aliphatic rings. The quantitative estimate of drug-likeness (QED) is 0.0929. The zero-order valence-electron chi connectivity index (χ0n) is 23.8. The van der Waals surface area contributed by atoms with Crippen LogP contribution in [0.1, 0.15) is 164 Å². The first-order valence-corrected chi connectivity index (χ1v) is 15.0. The van der Waals surface area contributed by atoms with Crippen LogP contribution in [0.3, 0.4) is 0 Å². The van der Waals surface area contributed by atoms with Gasteiger partial charge in [-0.3, -0.25) is 0 Å². The summed E-state index contributed by atoms with van der Waals surface area (Å²) in [5, 5.41) is 0. The van der Waals surface area contributed by atoms with Gasteiger partial charge in [0.15, 0.2) is 0 Å². The van der Waals surface area contributed by atoms with E-state index in [9.17, 15) is 0 Å². The van der Waals surface area contributed by atoms with Crippen molar-refractivity contribution >= 4 is 0 Å². The average Bonchev–Trinajstić information content (AvgIpc) is 2.81. The third kappa shape index (κ3) is 13.5. The summed E-state index contributed by atoms with van der Waals surface area (Å²) in [5.74, 6) is -0.898. The lowest BCUT2D eigenvalue weighted by Crippen LogP contribution is -2.55. The van der Waals surface area contributed by atoms with E-state index in [2.05, 4.69) is 41.5 Å². The monoisotopic (exact) mass is 470 g/mol. The van der Waals surface area contributed by atoms with Gasteiger partial charge in [-0.25, -0.2) is 0 Å². The van der Waals surface area contributed by atoms with Crippen molar-refractivity contribution in [3.8, 4) is 0 Å². The van der Waals surface area contributed by atoms with Crippen molar-refractivity contribution in [2.24, 2.45) is 5.41 Å². The van der Waals surface area contributed by atoms with E-state index in [1.165, 1.54) is 103 Å². The van der Waals surface area contributed by atoms with Gasteiger partial charge in [-0.05, 0) is 40.0 Å². The summed E-state index contributed by atoms with van der Waals surface area (Å²) in [6.45, 7) is 15.0. The molecule has 0 fully saturated rings. The molecule has 0 aromatic carbocycles. The van der Waals surface area contributed by atoms with Crippen LogP contribution in [0.25, 0.3) is 0 Å². The molecule has 0 radical (unpaired) electrons. The Bertz CT molecular complexity index is 381. The van der Waals surface area contributed by atoms with E-state index in [4.69, 9.17) is 14.2 Å². The standard InChI is InChI=1S/C30H62O3/c1-7-13-16-18-20-21-23-25-28-29(26-15-9-3,27-24-22-19-17-14-8-2)30(31-10-4,32-11-5)33-12-6/h7-28H2,1-6H3. The SMILES string of the molecule is CCCCCCCCCCC(CCCC)(CCCCCCCC)C(OCC)(OCC)OCC. The highest BCUT2D eigenvalue weighted by atomic mass is 16.9. The zero-order valence-corrected chi connectivity index (χ0v) is 23.8. The lowest BCUT2D eigenvalue weighted by molar-refractivity contribution is -0.432. The van der Waals surface area contributed by atoms with E-state index < -0.39 is 5.97 Å². The highest BCUT2D eigenvalue weighted by molar-refractivity contribution is 4.89. The van der Waals surface area contributed by atoms with Gasteiger partial charge in [0, 0.05) is 19.8 Å². The molecule has 0 N–H and O–H groups in total. The number of hydrogen-bond donors (Lipinski definition) is 0. The molecule has 0 bridgehead atoms. The minimum Gasteiger partial charge on any atom is -0.327 e. The Morgan fingerprint density at radius 3 is 1.00 bits per heavy atom. The van der Waals surface area contributed by atoms with Crippen molar-refractivity contribution in [3.63, 3.8) is 0 Å². The first-order valence-electron chi connectivity index (χ1n) is 15.0. The van der Waals surface area contributed by atoms with Crippen molar-refractivity contribution in [3.05, 3.63) is 0 Å². The van der Waals surface area contributed by atoms with Gasteiger partial charge in [0.2, 0.25) is 0 Å². The minimum absolute atomic E-state index is 0.0575. The van der Waals surface area contributed by atoms with Gasteiger partial charge >= 0.3 is 0 Å². The first-order chi connectivity index (χ1) is 16.1. The van der Waals surface area contributed by atoms with Crippen molar-refractivity contribution in [1.82, 2.24) is 0 Å². The molecule has 1 atom stereocenters. The highest BCUT2D eigenvalue weighted by Gasteiger charge is 2.53. The van der Waals surface area contributed by atoms with Crippen LogP contribution in [0.4, 0.5) is 0 Å². The number of hydrogen-bond acceptors (Lipinski definition) is 3. The number of ether oxygens (including phenoxy) is 3. The van der Waals surface area contributed by atoms with Crippen LogP contribution >= 0.6 is 0 Å². The molecule has 0 spiro atoms. The van der Waals surface area contributed by atoms with Crippen LogP contribution in [0.2, 0.25) is 0 Å². The Kier molecular flexibility index (Phi) is 22.3. The molecular formula is C30H62O3. The molecule has 3 heteroatoms. The highest BCUT2D eigenvalue weighted by Crippen LogP contribution is 2.49. The van der Waals surface area contributed by atoms with Gasteiger partial charge in [0.05, 0.1) is 5.41 Å². The third-order valence-electron chi connectivity index (χ3n) is 7.18. The minimum atomic E-state index is -0.898. The number of unbranched alkanes of at least 4 members (excludes halogenated alkanes) is 13. The van der Waals surface area contributed by atoms with E-state index in [1.54, 1.807) is 0 Å². The Balaban J connectivity index is 5.40. The molecule has 0 rings (SSSR count). The topological polar surface area (TPSA) is 27.7 Å². The number of rotatable bonds is 26. The third-order valence-corrected chi connectivity index (χ3v) is 7.18. The summed E-state index contributed by atoms with van der Waals surface area (Å²) in [6, 6.07) is 0. The second kappa shape index (κ2) is 22.4. The van der Waals surface area contributed by atoms with Crippen LogP contribution in [-0.2, 0) is 14.2 Å². The molecule has 0 aromatic rings. The zero-order chi connectivity index (χ0) is 24.7. The van der Waals surface area contributed by atoms with Gasteiger partial charge in [-0.15, -0.1) is 0 Å². The Morgan fingerprint density at radius 1 is 0.364 bits per heavy atom. The van der Waals surface area contributed by atoms with Crippen LogP contribution < -0.4 is 0 Å². The van der Waals surface area contributed by atoms with Gasteiger partial charge in [-0.1, -0.05) is 124 Å². The largest absolute Gasteiger partial charge is 0.327 e. The summed E-state index contributed by atoms with van der Waals surface area (Å²) >= 11 is 0. The predicted octanol–water partition coefficient (Wildman–Crippen LogP) is 10.2. The van der Waals surface area contributed by atoms with Crippen molar-refractivity contribution in [2.75, 3.05) is 19.8 Å². The van der Waals surface area contributed by atoms with E-state index in [0.717, 1.165) is 19.3 Å². The molecule has 0 aromatic heterocycles. The lowest BCUT2D eigenvalue weighted by atomic mass is 9.71. The summed E-state index contributed by atoms with van der Waals surface area (Å²) in [5.41, 5.74) is -0.0575. The Morgan fingerprint density at radius 2 is 0.667 bits per heavy atom. The van der Waals surface area contributed by atoms with Crippen molar-refractivity contribution < 1.29 is 14.2 Å². The Hall–Kier alpha value is -0.120. The predicted molar refractivity (Wildman–Crippen MR) is 145 cm³/mol. The summed E-state index contributed by atoms with van der Waals surface area (Å²) in [6.07, 6.45) is 24.6. The Labute approximate surface area is 209 Å². The smallest absolute Gasteiger partial charge is 0.288 e. The molecule has 0 aliphatic heterocycles. The van der Waals surface area contributed by atoms with Crippen molar-refractivity contribution in [2.45, 2.75) is 170 Å². The van der Waals surface area contributed by atoms with E-state index in [-0.39, 0.29) is 5.41 Å². The van der Waals surface area contributed by atoms with Crippen LogP contribution in [0.5, 0.6) is 0 Å². The first kappa shape index (κ1) is 32.9. The molecule has 200 valence electrons. The fourth-order valence-corrected chi connectivity index (χ4v) is 5.34. The van der Waals surface area contributed by atoms with Crippen LogP contribution in [0, 0.1) is 5.41 Å². The average molecular weight is 471 g/mol. The maximum atomic E-state index is 6.45. The van der Waals surface area contributed by atoms with Crippen LogP contribution in [0.15, 0.2) is 0 Å². The molecule has 0 saturated heterocycles. The van der Waals surface area contributed by atoms with Crippen molar-refractivity contribution in [1.29, 1.82) is 0 Å². The van der Waals surface area contributed by atoms with E-state index in [1.807, 2.05) is 0 Å². The molecule has 0 saturated carbocycles. The lowest BCUT2D eigenvalue weighted by Gasteiger charge is -2.49. The molecule has 0 heterocycles. The van der Waals surface area contributed by atoms with Crippen LogP contribution in [-0.4, -0.2) is 25.8 Å². The molecule has 33 heavy (non-hydrogen) atoms. The molecule has 0 aliphatic carbocycles. The van der Waals surface area contributed by atoms with Gasteiger partial charge in [0.1, 0.15) is 0 Å². The van der Waals surface area contributed by atoms with E-state index >= 15 is 0 Å². The van der Waals surface area contributed by atoms with Gasteiger partial charge in [-0.2, -0.15) is 0 Å². The maximum Gasteiger partial charge on any atom is 0.288 e. The summed E-state index contributed by atoms with van der Waals surface area (Å²) in [7, 11) is 0. The van der Waals surface area contributed by atoms with Gasteiger partial charge < -0.3 is 14.2 Å². The van der Waals surface area contributed by atoms with E-state index in [0.29, 0.717) is 19.8 Å². The molecule has 3 nitrogen and oxygen atoms in total. The second-order valence-corrected chi connectivity index (χ2v) is 9.98. The summed E-state index contributed by atoms with van der Waals surface area (Å²) in [4.78, 5) is 0. The summed E-state index contributed by atoms with van der Waals surface area (Å²) < 4.78 is 19.3. The molecule has 1 unspecified atom stereocenters. The second-order valence-electron chi connectivity index (χ2n) is 9.98. The fraction of sp³-hybridized carbons (Fsp3) is 1.00. The van der Waals surface area contributed by atoms with Gasteiger partial charge in [0.25, 0.3) is 5.97 Å². The molecular weight excluding hydrogens is 408 g/mol.